The summed E-state index contributed by atoms with van der Waals surface area (Å²) in [6.45, 7) is 1.31. The SMILES string of the molecule is CN(C)CCCNC(=O)Cn1c(=O)n(-c2ccc(F)cc2)c2ncccc21. The number of hydrogen-bond acceptors (Lipinski definition) is 4. The highest BCUT2D eigenvalue weighted by atomic mass is 19.1. The molecule has 1 N–H and O–H groups in total. The van der Waals surface area contributed by atoms with E-state index >= 15 is 0 Å². The van der Waals surface area contributed by atoms with Gasteiger partial charge in [-0.15, -0.1) is 0 Å². The van der Waals surface area contributed by atoms with Crippen LogP contribution < -0.4 is 11.0 Å². The molecule has 0 saturated carbocycles. The molecule has 0 aliphatic heterocycles. The highest BCUT2D eigenvalue weighted by molar-refractivity contribution is 5.80. The van der Waals surface area contributed by atoms with Crippen molar-refractivity contribution in [3.63, 3.8) is 0 Å². The van der Waals surface area contributed by atoms with E-state index in [0.29, 0.717) is 23.4 Å². The maximum Gasteiger partial charge on any atom is 0.335 e. The lowest BCUT2D eigenvalue weighted by Gasteiger charge is -2.10. The van der Waals surface area contributed by atoms with E-state index in [0.717, 1.165) is 13.0 Å². The highest BCUT2D eigenvalue weighted by Crippen LogP contribution is 2.15. The van der Waals surface area contributed by atoms with Crippen LogP contribution in [0.4, 0.5) is 4.39 Å². The first-order valence-electron chi connectivity index (χ1n) is 8.71. The van der Waals surface area contributed by atoms with Crippen LogP contribution in [0.2, 0.25) is 0 Å². The molecule has 0 unspecified atom stereocenters. The molecule has 0 fully saturated rings. The Labute approximate surface area is 156 Å². The molecule has 0 atom stereocenters. The Morgan fingerprint density at radius 2 is 1.96 bits per heavy atom. The smallest absolute Gasteiger partial charge is 0.335 e. The summed E-state index contributed by atoms with van der Waals surface area (Å²) in [4.78, 5) is 31.5. The number of amides is 1. The summed E-state index contributed by atoms with van der Waals surface area (Å²) in [6.07, 6.45) is 2.40. The van der Waals surface area contributed by atoms with Crippen molar-refractivity contribution >= 4 is 17.1 Å². The fraction of sp³-hybridized carbons (Fsp3) is 0.316. The monoisotopic (exact) mass is 371 g/mol. The Morgan fingerprint density at radius 3 is 2.67 bits per heavy atom. The Balaban J connectivity index is 1.88. The van der Waals surface area contributed by atoms with Crippen molar-refractivity contribution in [3.8, 4) is 5.69 Å². The van der Waals surface area contributed by atoms with E-state index in [1.165, 1.54) is 33.4 Å². The third-order valence-corrected chi connectivity index (χ3v) is 4.18. The number of imidazole rings is 1. The number of aromatic nitrogens is 3. The van der Waals surface area contributed by atoms with Crippen LogP contribution in [0, 0.1) is 5.82 Å². The molecule has 0 bridgehead atoms. The molecule has 1 aromatic carbocycles. The molecule has 0 spiro atoms. The second kappa shape index (κ2) is 8.13. The van der Waals surface area contributed by atoms with Crippen LogP contribution >= 0.6 is 0 Å². The molecule has 8 heteroatoms. The van der Waals surface area contributed by atoms with Crippen LogP contribution in [-0.2, 0) is 11.3 Å². The fourth-order valence-corrected chi connectivity index (χ4v) is 2.88. The second-order valence-electron chi connectivity index (χ2n) is 6.53. The minimum Gasteiger partial charge on any atom is -0.354 e. The van der Waals surface area contributed by atoms with Gasteiger partial charge in [-0.25, -0.2) is 18.7 Å². The van der Waals surface area contributed by atoms with Gasteiger partial charge in [0.25, 0.3) is 0 Å². The van der Waals surface area contributed by atoms with E-state index in [2.05, 4.69) is 10.3 Å². The number of carbonyl (C=O) groups is 1. The lowest BCUT2D eigenvalue weighted by molar-refractivity contribution is -0.121. The minimum atomic E-state index is -0.390. The minimum absolute atomic E-state index is 0.100. The summed E-state index contributed by atoms with van der Waals surface area (Å²) in [7, 11) is 3.94. The zero-order valence-electron chi connectivity index (χ0n) is 15.4. The molecular formula is C19H22FN5O2. The number of halogens is 1. The van der Waals surface area contributed by atoms with Gasteiger partial charge in [-0.2, -0.15) is 0 Å². The van der Waals surface area contributed by atoms with E-state index in [1.807, 2.05) is 19.0 Å². The second-order valence-corrected chi connectivity index (χ2v) is 6.53. The molecule has 0 saturated heterocycles. The van der Waals surface area contributed by atoms with Gasteiger partial charge in [-0.05, 0) is 63.5 Å². The van der Waals surface area contributed by atoms with Crippen molar-refractivity contribution in [1.82, 2.24) is 24.3 Å². The molecule has 27 heavy (non-hydrogen) atoms. The average molecular weight is 371 g/mol. The summed E-state index contributed by atoms with van der Waals surface area (Å²) in [6, 6.07) is 9.04. The maximum atomic E-state index is 13.2. The Morgan fingerprint density at radius 1 is 1.22 bits per heavy atom. The van der Waals surface area contributed by atoms with Gasteiger partial charge in [0, 0.05) is 12.7 Å². The summed E-state index contributed by atoms with van der Waals surface area (Å²) in [5.74, 6) is -0.626. The zero-order chi connectivity index (χ0) is 19.4. The average Bonchev–Trinajstić information content (AvgIpc) is 2.92. The van der Waals surface area contributed by atoms with Gasteiger partial charge >= 0.3 is 5.69 Å². The van der Waals surface area contributed by atoms with E-state index in [-0.39, 0.29) is 18.3 Å². The first-order valence-corrected chi connectivity index (χ1v) is 8.71. The lowest BCUT2D eigenvalue weighted by Crippen LogP contribution is -2.34. The van der Waals surface area contributed by atoms with Crippen LogP contribution in [0.25, 0.3) is 16.9 Å². The molecule has 0 radical (unpaired) electrons. The summed E-state index contributed by atoms with van der Waals surface area (Å²) < 4.78 is 16.0. The maximum absolute atomic E-state index is 13.2. The molecule has 2 aromatic heterocycles. The molecule has 3 aromatic rings. The van der Waals surface area contributed by atoms with Crippen LogP contribution in [-0.4, -0.2) is 52.1 Å². The summed E-state index contributed by atoms with van der Waals surface area (Å²) in [5.41, 5.74) is 1.08. The van der Waals surface area contributed by atoms with E-state index in [1.54, 1.807) is 18.3 Å². The predicted octanol–water partition coefficient (Wildman–Crippen LogP) is 1.39. The summed E-state index contributed by atoms with van der Waals surface area (Å²) >= 11 is 0. The van der Waals surface area contributed by atoms with E-state index in [4.69, 9.17) is 0 Å². The van der Waals surface area contributed by atoms with Crippen LogP contribution in [0.15, 0.2) is 47.4 Å². The van der Waals surface area contributed by atoms with Gasteiger partial charge in [0.2, 0.25) is 5.91 Å². The molecule has 0 aliphatic carbocycles. The number of nitrogens with zero attached hydrogens (tertiary/aromatic N) is 4. The number of rotatable bonds is 7. The van der Waals surface area contributed by atoms with Gasteiger partial charge in [-0.1, -0.05) is 0 Å². The molecular weight excluding hydrogens is 349 g/mol. The zero-order valence-corrected chi connectivity index (χ0v) is 15.4. The van der Waals surface area contributed by atoms with Gasteiger partial charge in [0.1, 0.15) is 12.4 Å². The molecule has 2 heterocycles. The molecule has 142 valence electrons. The lowest BCUT2D eigenvalue weighted by atomic mass is 10.3. The van der Waals surface area contributed by atoms with E-state index in [9.17, 15) is 14.0 Å². The first-order chi connectivity index (χ1) is 13.0. The number of fused-ring (bicyclic) bond motifs is 1. The Hall–Kier alpha value is -3.00. The van der Waals surface area contributed by atoms with Crippen molar-refractivity contribution in [1.29, 1.82) is 0 Å². The van der Waals surface area contributed by atoms with Crippen LogP contribution in [0.1, 0.15) is 6.42 Å². The van der Waals surface area contributed by atoms with Crippen LogP contribution in [0.5, 0.6) is 0 Å². The van der Waals surface area contributed by atoms with Crippen LogP contribution in [0.3, 0.4) is 0 Å². The molecule has 7 nitrogen and oxygen atoms in total. The number of nitrogens with one attached hydrogen (secondary N) is 1. The topological polar surface area (TPSA) is 72.2 Å². The van der Waals surface area contributed by atoms with Gasteiger partial charge in [-0.3, -0.25) is 9.36 Å². The first kappa shape index (κ1) is 18.8. The van der Waals surface area contributed by atoms with Gasteiger partial charge in [0.15, 0.2) is 5.65 Å². The normalized spacial score (nSPS) is 11.3. The number of hydrogen-bond donors (Lipinski definition) is 1. The van der Waals surface area contributed by atoms with Crippen molar-refractivity contribution < 1.29 is 9.18 Å². The third kappa shape index (κ3) is 4.22. The van der Waals surface area contributed by atoms with Crippen molar-refractivity contribution in [3.05, 3.63) is 58.9 Å². The van der Waals surface area contributed by atoms with Gasteiger partial charge < -0.3 is 10.2 Å². The number of pyridine rings is 1. The van der Waals surface area contributed by atoms with Crippen molar-refractivity contribution in [2.24, 2.45) is 0 Å². The summed E-state index contributed by atoms with van der Waals surface area (Å²) in [5, 5.41) is 2.83. The Kier molecular flexibility index (Phi) is 5.66. The molecule has 1 amide bonds. The van der Waals surface area contributed by atoms with Crippen molar-refractivity contribution in [2.75, 3.05) is 27.2 Å². The van der Waals surface area contributed by atoms with Gasteiger partial charge in [0.05, 0.1) is 11.2 Å². The largest absolute Gasteiger partial charge is 0.354 e. The predicted molar refractivity (Wildman–Crippen MR) is 101 cm³/mol. The highest BCUT2D eigenvalue weighted by Gasteiger charge is 2.17. The fourth-order valence-electron chi connectivity index (χ4n) is 2.88. The standard InChI is InChI=1S/C19H22FN5O2/c1-23(2)12-4-11-21-17(26)13-24-16-5-3-10-22-18(16)25(19(24)27)15-8-6-14(20)7-9-15/h3,5-10H,4,11-13H2,1-2H3,(H,21,26). The van der Waals surface area contributed by atoms with Crippen molar-refractivity contribution in [2.45, 2.75) is 13.0 Å². The number of benzene rings is 1. The number of carbonyl (C=O) groups excluding carboxylic acids is 1. The molecule has 0 aliphatic rings. The molecule has 3 rings (SSSR count). The van der Waals surface area contributed by atoms with E-state index < -0.39 is 5.69 Å². The third-order valence-electron chi connectivity index (χ3n) is 4.18. The Bertz CT molecular complexity index is 991. The quantitative estimate of drug-likeness (QED) is 0.637.